The molecule has 244 valence electrons. The predicted molar refractivity (Wildman–Crippen MR) is 215 cm³/mol. The molecule has 0 atom stereocenters. The van der Waals surface area contributed by atoms with Gasteiger partial charge in [-0.1, -0.05) is 127 Å². The summed E-state index contributed by atoms with van der Waals surface area (Å²) in [6.45, 7) is 0. The van der Waals surface area contributed by atoms with Crippen molar-refractivity contribution >= 4 is 32.8 Å². The summed E-state index contributed by atoms with van der Waals surface area (Å²) >= 11 is 0. The molecule has 0 unspecified atom stereocenters. The second kappa shape index (κ2) is 12.4. The Kier molecular flexibility index (Phi) is 7.10. The van der Waals surface area contributed by atoms with E-state index in [0.717, 1.165) is 78.5 Å². The first-order chi connectivity index (χ1) is 25.8. The minimum Gasteiger partial charge on any atom is -0.309 e. The third kappa shape index (κ3) is 5.00. The molecule has 0 saturated carbocycles. The van der Waals surface area contributed by atoms with Gasteiger partial charge in [-0.15, -0.1) is 0 Å². The van der Waals surface area contributed by atoms with Gasteiger partial charge in [0.15, 0.2) is 0 Å². The van der Waals surface area contributed by atoms with Gasteiger partial charge in [0.2, 0.25) is 0 Å². The monoisotopic (exact) mass is 664 g/mol. The van der Waals surface area contributed by atoms with Crippen LogP contribution in [-0.4, -0.2) is 19.1 Å². The molecule has 0 aliphatic rings. The molecular weight excluding hydrogens is 633 g/mol. The van der Waals surface area contributed by atoms with Crippen LogP contribution >= 0.6 is 0 Å². The number of para-hydroxylation sites is 5. The number of rotatable bonds is 6. The average molecular weight is 665 g/mol. The van der Waals surface area contributed by atoms with E-state index in [1.807, 2.05) is 6.07 Å². The summed E-state index contributed by atoms with van der Waals surface area (Å²) in [5.41, 5.74) is 13.6. The zero-order valence-electron chi connectivity index (χ0n) is 28.3. The van der Waals surface area contributed by atoms with Crippen LogP contribution in [0.25, 0.3) is 89.2 Å². The number of hydrogen-bond donors (Lipinski definition) is 0. The number of hydrogen-bond acceptors (Lipinski definition) is 2. The van der Waals surface area contributed by atoms with Gasteiger partial charge in [0.05, 0.1) is 39.1 Å². The number of aromatic nitrogens is 4. The Morgan fingerprint density at radius 2 is 0.904 bits per heavy atom. The van der Waals surface area contributed by atoms with Crippen LogP contribution in [0.15, 0.2) is 194 Å². The first-order valence-corrected chi connectivity index (χ1v) is 17.6. The fourth-order valence-electron chi connectivity index (χ4n) is 7.54. The molecule has 3 aromatic heterocycles. The molecule has 0 aliphatic heterocycles. The van der Waals surface area contributed by atoms with Gasteiger partial charge in [0.1, 0.15) is 5.82 Å². The third-order valence-corrected chi connectivity index (χ3v) is 9.93. The lowest BCUT2D eigenvalue weighted by Crippen LogP contribution is -2.02. The largest absolute Gasteiger partial charge is 0.309 e. The van der Waals surface area contributed by atoms with Crippen molar-refractivity contribution in [3.8, 4) is 56.4 Å². The lowest BCUT2D eigenvalue weighted by atomic mass is 9.98. The summed E-state index contributed by atoms with van der Waals surface area (Å²) in [5, 5.41) is 2.44. The number of imidazole rings is 1. The normalized spacial score (nSPS) is 11.5. The van der Waals surface area contributed by atoms with Crippen molar-refractivity contribution in [2.45, 2.75) is 0 Å². The van der Waals surface area contributed by atoms with Crippen LogP contribution in [0.5, 0.6) is 0 Å². The van der Waals surface area contributed by atoms with Crippen molar-refractivity contribution in [2.24, 2.45) is 0 Å². The molecule has 4 nitrogen and oxygen atoms in total. The van der Waals surface area contributed by atoms with E-state index in [4.69, 9.17) is 9.97 Å². The van der Waals surface area contributed by atoms with Crippen molar-refractivity contribution < 1.29 is 0 Å². The molecule has 0 aliphatic carbocycles. The van der Waals surface area contributed by atoms with Gasteiger partial charge in [-0.05, 0) is 77.9 Å². The Bertz CT molecular complexity index is 2780. The van der Waals surface area contributed by atoms with E-state index >= 15 is 0 Å². The highest BCUT2D eigenvalue weighted by atomic mass is 15.1. The molecule has 0 spiro atoms. The van der Waals surface area contributed by atoms with Crippen molar-refractivity contribution in [1.82, 2.24) is 19.1 Å². The molecule has 10 aromatic rings. The zero-order chi connectivity index (χ0) is 34.4. The molecule has 0 bridgehead atoms. The van der Waals surface area contributed by atoms with E-state index in [1.165, 1.54) is 10.8 Å². The summed E-state index contributed by atoms with van der Waals surface area (Å²) < 4.78 is 4.65. The number of fused-ring (bicyclic) bond motifs is 4. The molecule has 0 saturated heterocycles. The topological polar surface area (TPSA) is 35.6 Å². The standard InChI is InChI=1S/C48H32N4/c1-4-16-33(17-5-1)36-31-42(34-18-6-2-7-19-34)49-43(32-36)40-30-35(48-50-41-24-12-15-27-47(41)51(48)37-20-8-3-9-21-37)28-29-46(40)52-44-25-13-10-22-38(44)39-23-11-14-26-45(39)52/h1-32H. The Morgan fingerprint density at radius 1 is 0.346 bits per heavy atom. The van der Waals surface area contributed by atoms with Crippen LogP contribution in [0.3, 0.4) is 0 Å². The Labute approximate surface area is 301 Å². The highest BCUT2D eigenvalue weighted by Crippen LogP contribution is 2.40. The van der Waals surface area contributed by atoms with E-state index in [0.29, 0.717) is 0 Å². The first kappa shape index (κ1) is 29.8. The van der Waals surface area contributed by atoms with Gasteiger partial charge in [-0.3, -0.25) is 4.57 Å². The fourth-order valence-corrected chi connectivity index (χ4v) is 7.54. The second-order valence-corrected chi connectivity index (χ2v) is 13.1. The molecule has 10 rings (SSSR count). The van der Waals surface area contributed by atoms with Crippen LogP contribution in [0.2, 0.25) is 0 Å². The van der Waals surface area contributed by atoms with E-state index in [1.54, 1.807) is 0 Å². The van der Waals surface area contributed by atoms with E-state index in [9.17, 15) is 0 Å². The van der Waals surface area contributed by atoms with E-state index in [-0.39, 0.29) is 0 Å². The van der Waals surface area contributed by atoms with Gasteiger partial charge in [-0.2, -0.15) is 0 Å². The summed E-state index contributed by atoms with van der Waals surface area (Å²) in [5.74, 6) is 0.880. The van der Waals surface area contributed by atoms with E-state index < -0.39 is 0 Å². The number of nitrogens with zero attached hydrogens (tertiary/aromatic N) is 4. The quantitative estimate of drug-likeness (QED) is 0.177. The lowest BCUT2D eigenvalue weighted by Gasteiger charge is -2.18. The average Bonchev–Trinajstić information content (AvgIpc) is 3.78. The van der Waals surface area contributed by atoms with Gasteiger partial charge in [0, 0.05) is 33.2 Å². The minimum atomic E-state index is 0.880. The minimum absolute atomic E-state index is 0.880. The van der Waals surface area contributed by atoms with Crippen LogP contribution in [-0.2, 0) is 0 Å². The Morgan fingerprint density at radius 3 is 1.60 bits per heavy atom. The molecule has 0 fully saturated rings. The SMILES string of the molecule is c1ccc(-c2cc(-c3ccccc3)nc(-c3cc(-c4nc5ccccc5n4-c4ccccc4)ccc3-n3c4ccccc4c4ccccc43)c2)cc1. The number of pyridine rings is 1. The van der Waals surface area contributed by atoms with Crippen molar-refractivity contribution in [3.05, 3.63) is 194 Å². The maximum Gasteiger partial charge on any atom is 0.145 e. The highest BCUT2D eigenvalue weighted by molar-refractivity contribution is 6.09. The Balaban J connectivity index is 1.30. The highest BCUT2D eigenvalue weighted by Gasteiger charge is 2.21. The van der Waals surface area contributed by atoms with Crippen molar-refractivity contribution in [3.63, 3.8) is 0 Å². The molecule has 4 heteroatoms. The lowest BCUT2D eigenvalue weighted by molar-refractivity contribution is 1.10. The maximum absolute atomic E-state index is 5.45. The molecule has 7 aromatic carbocycles. The summed E-state index contributed by atoms with van der Waals surface area (Å²) in [4.78, 5) is 10.7. The van der Waals surface area contributed by atoms with Gasteiger partial charge in [0.25, 0.3) is 0 Å². The second-order valence-electron chi connectivity index (χ2n) is 13.1. The molecule has 0 radical (unpaired) electrons. The van der Waals surface area contributed by atoms with Gasteiger partial charge >= 0.3 is 0 Å². The van der Waals surface area contributed by atoms with Crippen LogP contribution in [0.4, 0.5) is 0 Å². The molecule has 52 heavy (non-hydrogen) atoms. The molecule has 0 amide bonds. The predicted octanol–water partition coefficient (Wildman–Crippen LogP) is 12.2. The van der Waals surface area contributed by atoms with Crippen molar-refractivity contribution in [2.75, 3.05) is 0 Å². The third-order valence-electron chi connectivity index (χ3n) is 9.93. The molecule has 0 N–H and O–H groups in total. The van der Waals surface area contributed by atoms with Gasteiger partial charge in [-0.25, -0.2) is 9.97 Å². The molecular formula is C48H32N4. The van der Waals surface area contributed by atoms with Crippen LogP contribution in [0, 0.1) is 0 Å². The summed E-state index contributed by atoms with van der Waals surface area (Å²) in [6.07, 6.45) is 0. The smallest absolute Gasteiger partial charge is 0.145 e. The number of benzene rings is 7. The fraction of sp³-hybridized carbons (Fsp3) is 0. The van der Waals surface area contributed by atoms with E-state index in [2.05, 4.69) is 197 Å². The van der Waals surface area contributed by atoms with Crippen LogP contribution in [0.1, 0.15) is 0 Å². The van der Waals surface area contributed by atoms with Gasteiger partial charge < -0.3 is 4.57 Å². The maximum atomic E-state index is 5.45. The summed E-state index contributed by atoms with van der Waals surface area (Å²) in [6, 6.07) is 68.4. The molecule has 3 heterocycles. The van der Waals surface area contributed by atoms with Crippen molar-refractivity contribution in [1.29, 1.82) is 0 Å². The zero-order valence-corrected chi connectivity index (χ0v) is 28.3. The summed E-state index contributed by atoms with van der Waals surface area (Å²) in [7, 11) is 0. The Hall–Kier alpha value is -7.04. The first-order valence-electron chi connectivity index (χ1n) is 17.6. The van der Waals surface area contributed by atoms with Crippen LogP contribution < -0.4 is 0 Å².